The van der Waals surface area contributed by atoms with E-state index < -0.39 is 17.8 Å². The van der Waals surface area contributed by atoms with Crippen LogP contribution in [0.25, 0.3) is 0 Å². The Morgan fingerprint density at radius 3 is 2.63 bits per heavy atom. The zero-order chi connectivity index (χ0) is 19.4. The maximum Gasteiger partial charge on any atom is 0.433 e. The highest BCUT2D eigenvalue weighted by Crippen LogP contribution is 2.35. The number of halogens is 3. The van der Waals surface area contributed by atoms with Crippen LogP contribution in [0.4, 0.5) is 18.9 Å². The van der Waals surface area contributed by atoms with Gasteiger partial charge in [-0.15, -0.1) is 0 Å². The Hall–Kier alpha value is -2.64. The van der Waals surface area contributed by atoms with Crippen LogP contribution in [0, 0.1) is 12.8 Å². The fourth-order valence-corrected chi connectivity index (χ4v) is 3.29. The normalized spacial score (nSPS) is 16.5. The molecule has 1 heterocycles. The first-order chi connectivity index (χ1) is 12.8. The lowest BCUT2D eigenvalue weighted by Gasteiger charge is -2.25. The predicted octanol–water partition coefficient (Wildman–Crippen LogP) is 3.14. The Bertz CT molecular complexity index is 809. The van der Waals surface area contributed by atoms with Crippen molar-refractivity contribution in [3.63, 3.8) is 0 Å². The minimum atomic E-state index is -4.55. The number of alkyl halides is 3. The van der Waals surface area contributed by atoms with Gasteiger partial charge in [0.15, 0.2) is 5.69 Å². The van der Waals surface area contributed by atoms with Gasteiger partial charge in [-0.25, -0.2) is 9.97 Å². The van der Waals surface area contributed by atoms with Crippen LogP contribution >= 0.6 is 0 Å². The number of fused-ring (bicyclic) bond motifs is 1. The van der Waals surface area contributed by atoms with Gasteiger partial charge in [0.25, 0.3) is 0 Å². The van der Waals surface area contributed by atoms with Gasteiger partial charge in [-0.1, -0.05) is 18.2 Å². The first-order valence-electron chi connectivity index (χ1n) is 8.85. The first-order valence-corrected chi connectivity index (χ1v) is 8.85. The lowest BCUT2D eigenvalue weighted by Crippen LogP contribution is -2.37. The second kappa shape index (κ2) is 7.94. The average Bonchev–Trinajstić information content (AvgIpc) is 2.64. The Kier molecular flexibility index (Phi) is 5.62. The third kappa shape index (κ3) is 4.75. The standard InChI is InChI=1S/C19H21F3N4O/c1-12-25-16-8-7-13(11-15(16)17(26-12)19(20,21)22)18(27)24-10-9-23-14-5-3-2-4-6-14/h2-6,13,23H,7-11H2,1H3,(H,24,27)/t13-/m0/s1. The topological polar surface area (TPSA) is 66.9 Å². The van der Waals surface area contributed by atoms with E-state index in [4.69, 9.17) is 0 Å². The zero-order valence-corrected chi connectivity index (χ0v) is 14.9. The summed E-state index contributed by atoms with van der Waals surface area (Å²) in [7, 11) is 0. The van der Waals surface area contributed by atoms with Crippen molar-refractivity contribution < 1.29 is 18.0 Å². The molecule has 0 fully saturated rings. The molecule has 1 amide bonds. The molecular weight excluding hydrogens is 357 g/mol. The summed E-state index contributed by atoms with van der Waals surface area (Å²) in [5.74, 6) is -0.623. The minimum absolute atomic E-state index is 0.0163. The lowest BCUT2D eigenvalue weighted by atomic mass is 9.85. The van der Waals surface area contributed by atoms with Crippen LogP contribution in [-0.2, 0) is 23.8 Å². The number of carbonyl (C=O) groups is 1. The summed E-state index contributed by atoms with van der Waals surface area (Å²) < 4.78 is 39.9. The number of benzene rings is 1. The number of nitrogens with one attached hydrogen (secondary N) is 2. The monoisotopic (exact) mass is 378 g/mol. The highest BCUT2D eigenvalue weighted by Gasteiger charge is 2.39. The Morgan fingerprint density at radius 2 is 1.93 bits per heavy atom. The van der Waals surface area contributed by atoms with Gasteiger partial charge in [0, 0.05) is 36.0 Å². The summed E-state index contributed by atoms with van der Waals surface area (Å²) in [6, 6.07) is 9.56. The first kappa shape index (κ1) is 19.1. The number of carbonyl (C=O) groups excluding carboxylic acids is 1. The van der Waals surface area contributed by atoms with E-state index in [0.717, 1.165) is 5.69 Å². The molecule has 1 aliphatic carbocycles. The molecule has 2 N–H and O–H groups in total. The van der Waals surface area contributed by atoms with E-state index in [0.29, 0.717) is 31.6 Å². The van der Waals surface area contributed by atoms with Gasteiger partial charge in [0.2, 0.25) is 5.91 Å². The number of rotatable bonds is 5. The van der Waals surface area contributed by atoms with Crippen LogP contribution in [-0.4, -0.2) is 29.0 Å². The van der Waals surface area contributed by atoms with E-state index in [1.54, 1.807) is 0 Å². The molecule has 0 saturated carbocycles. The molecule has 1 atom stereocenters. The van der Waals surface area contributed by atoms with Gasteiger partial charge >= 0.3 is 6.18 Å². The largest absolute Gasteiger partial charge is 0.433 e. The number of hydrogen-bond acceptors (Lipinski definition) is 4. The quantitative estimate of drug-likeness (QED) is 0.785. The maximum absolute atomic E-state index is 13.3. The van der Waals surface area contributed by atoms with Crippen molar-refractivity contribution in [3.8, 4) is 0 Å². The van der Waals surface area contributed by atoms with Gasteiger partial charge < -0.3 is 10.6 Å². The van der Waals surface area contributed by atoms with Crippen molar-refractivity contribution in [1.82, 2.24) is 15.3 Å². The summed E-state index contributed by atoms with van der Waals surface area (Å²) in [6.45, 7) is 2.39. The number of para-hydroxylation sites is 1. The molecule has 0 saturated heterocycles. The second-order valence-electron chi connectivity index (χ2n) is 6.57. The molecule has 1 aliphatic rings. The van der Waals surface area contributed by atoms with Gasteiger partial charge in [0.05, 0.1) is 0 Å². The summed E-state index contributed by atoms with van der Waals surface area (Å²) in [5, 5.41) is 5.97. The fourth-order valence-electron chi connectivity index (χ4n) is 3.29. The smallest absolute Gasteiger partial charge is 0.383 e. The second-order valence-corrected chi connectivity index (χ2v) is 6.57. The zero-order valence-electron chi connectivity index (χ0n) is 14.9. The Labute approximate surface area is 155 Å². The highest BCUT2D eigenvalue weighted by molar-refractivity contribution is 5.79. The van der Waals surface area contributed by atoms with E-state index in [9.17, 15) is 18.0 Å². The third-order valence-electron chi connectivity index (χ3n) is 4.55. The Balaban J connectivity index is 1.59. The molecule has 0 spiro atoms. The molecule has 1 aromatic carbocycles. The van der Waals surface area contributed by atoms with Crippen molar-refractivity contribution in [2.45, 2.75) is 32.4 Å². The predicted molar refractivity (Wildman–Crippen MR) is 95.2 cm³/mol. The number of aryl methyl sites for hydroxylation is 2. The Morgan fingerprint density at radius 1 is 1.19 bits per heavy atom. The van der Waals surface area contributed by atoms with Gasteiger partial charge in [0.1, 0.15) is 5.82 Å². The van der Waals surface area contributed by atoms with Crippen molar-refractivity contribution in [2.75, 3.05) is 18.4 Å². The van der Waals surface area contributed by atoms with Gasteiger partial charge in [-0.2, -0.15) is 13.2 Å². The van der Waals surface area contributed by atoms with Crippen LogP contribution in [0.3, 0.4) is 0 Å². The van der Waals surface area contributed by atoms with Crippen LogP contribution in [0.1, 0.15) is 29.2 Å². The molecule has 144 valence electrons. The fraction of sp³-hybridized carbons (Fsp3) is 0.421. The molecule has 5 nitrogen and oxygen atoms in total. The van der Waals surface area contributed by atoms with E-state index >= 15 is 0 Å². The number of nitrogens with zero attached hydrogens (tertiary/aromatic N) is 2. The molecule has 3 rings (SSSR count). The molecule has 0 unspecified atom stereocenters. The lowest BCUT2D eigenvalue weighted by molar-refractivity contribution is -0.142. The van der Waals surface area contributed by atoms with Gasteiger partial charge in [-0.05, 0) is 38.3 Å². The maximum atomic E-state index is 13.3. The molecule has 8 heteroatoms. The molecule has 1 aromatic heterocycles. The molecular formula is C19H21F3N4O. The summed E-state index contributed by atoms with van der Waals surface area (Å²) in [5.41, 5.74) is 0.500. The minimum Gasteiger partial charge on any atom is -0.383 e. The summed E-state index contributed by atoms with van der Waals surface area (Å²) >= 11 is 0. The molecule has 27 heavy (non-hydrogen) atoms. The van der Waals surface area contributed by atoms with E-state index in [1.807, 2.05) is 30.3 Å². The summed E-state index contributed by atoms with van der Waals surface area (Å²) in [6.07, 6.45) is -3.70. The highest BCUT2D eigenvalue weighted by atomic mass is 19.4. The number of aromatic nitrogens is 2. The van der Waals surface area contributed by atoms with Crippen LogP contribution in [0.2, 0.25) is 0 Å². The number of anilines is 1. The van der Waals surface area contributed by atoms with Crippen molar-refractivity contribution in [1.29, 1.82) is 0 Å². The summed E-state index contributed by atoms with van der Waals surface area (Å²) in [4.78, 5) is 20.1. The van der Waals surface area contributed by atoms with Crippen LogP contribution < -0.4 is 10.6 Å². The van der Waals surface area contributed by atoms with Crippen molar-refractivity contribution in [2.24, 2.45) is 5.92 Å². The molecule has 0 radical (unpaired) electrons. The van der Waals surface area contributed by atoms with Crippen molar-refractivity contribution >= 4 is 11.6 Å². The average molecular weight is 378 g/mol. The van der Waals surface area contributed by atoms with E-state index in [-0.39, 0.29) is 23.7 Å². The van der Waals surface area contributed by atoms with E-state index in [1.165, 1.54) is 6.92 Å². The van der Waals surface area contributed by atoms with Crippen LogP contribution in [0.15, 0.2) is 30.3 Å². The molecule has 0 aliphatic heterocycles. The van der Waals surface area contributed by atoms with Gasteiger partial charge in [-0.3, -0.25) is 4.79 Å². The van der Waals surface area contributed by atoms with Crippen molar-refractivity contribution in [3.05, 3.63) is 53.1 Å². The number of hydrogen-bond donors (Lipinski definition) is 2. The number of amides is 1. The van der Waals surface area contributed by atoms with Crippen LogP contribution in [0.5, 0.6) is 0 Å². The molecule has 2 aromatic rings. The molecule has 0 bridgehead atoms. The van der Waals surface area contributed by atoms with E-state index in [2.05, 4.69) is 20.6 Å². The SMILES string of the molecule is Cc1nc2c(c(C(F)(F)F)n1)C[C@@H](C(=O)NCCNc1ccccc1)CC2. The third-order valence-corrected chi connectivity index (χ3v) is 4.55.